The second kappa shape index (κ2) is 10.8. The Labute approximate surface area is 161 Å². The van der Waals surface area contributed by atoms with Crippen molar-refractivity contribution in [1.82, 2.24) is 4.98 Å². The van der Waals surface area contributed by atoms with Crippen molar-refractivity contribution in [2.45, 2.75) is 44.9 Å². The van der Waals surface area contributed by atoms with Crippen LogP contribution in [0, 0.1) is 0 Å². The molecule has 3 rings (SSSR count). The molecule has 0 aliphatic heterocycles. The third-order valence-electron chi connectivity index (χ3n) is 3.88. The quantitative estimate of drug-likeness (QED) is 0.566. The number of hydrogen-bond donors (Lipinski definition) is 3. The van der Waals surface area contributed by atoms with Crippen LogP contribution in [0.2, 0.25) is 5.02 Å². The number of carbonyl (C=O) groups excluding carboxylic acids is 1. The van der Waals surface area contributed by atoms with Gasteiger partial charge in [0.25, 0.3) is 5.91 Å². The molecule has 0 spiro atoms. The average Bonchev–Trinajstić information content (AvgIpc) is 2.93. The fraction of sp³-hybridized carbons (Fsp3) is 0.389. The first-order valence-corrected chi connectivity index (χ1v) is 9.82. The summed E-state index contributed by atoms with van der Waals surface area (Å²) in [5, 5.41) is 15.7. The van der Waals surface area contributed by atoms with Crippen LogP contribution in [-0.2, 0) is 0 Å². The van der Waals surface area contributed by atoms with Gasteiger partial charge < -0.3 is 5.11 Å². The molecule has 0 radical (unpaired) electrons. The molecular formula is C18H22ClN3O3S. The molecule has 0 bridgehead atoms. The van der Waals surface area contributed by atoms with E-state index in [1.54, 1.807) is 11.6 Å². The lowest BCUT2D eigenvalue weighted by atomic mass is 10.2. The Balaban J connectivity index is 0.000000290. The Kier molecular flexibility index (Phi) is 8.37. The van der Waals surface area contributed by atoms with E-state index in [4.69, 9.17) is 16.7 Å². The third-order valence-corrected chi connectivity index (χ3v) is 4.88. The van der Waals surface area contributed by atoms with Crippen molar-refractivity contribution in [2.75, 3.05) is 10.6 Å². The Hall–Kier alpha value is -2.12. The van der Waals surface area contributed by atoms with Gasteiger partial charge in [-0.25, -0.2) is 9.78 Å². The third kappa shape index (κ3) is 7.01. The number of anilines is 2. The Morgan fingerprint density at radius 2 is 1.65 bits per heavy atom. The van der Waals surface area contributed by atoms with Gasteiger partial charge in [-0.05, 0) is 18.2 Å². The zero-order valence-corrected chi connectivity index (χ0v) is 15.9. The lowest BCUT2D eigenvalue weighted by Gasteiger charge is -2.06. The number of amides is 2. The maximum Gasteiger partial charge on any atom is 0.409 e. The number of carboxylic acid groups (broad SMARTS) is 1. The van der Waals surface area contributed by atoms with Crippen molar-refractivity contribution in [2.24, 2.45) is 0 Å². The molecule has 1 aromatic heterocycles. The minimum absolute atomic E-state index is 0.147. The van der Waals surface area contributed by atoms with Gasteiger partial charge in [-0.1, -0.05) is 56.5 Å². The predicted molar refractivity (Wildman–Crippen MR) is 105 cm³/mol. The summed E-state index contributed by atoms with van der Waals surface area (Å²) in [6.45, 7) is 0. The van der Waals surface area contributed by atoms with Gasteiger partial charge in [0, 0.05) is 17.1 Å². The first kappa shape index (κ1) is 20.2. The van der Waals surface area contributed by atoms with Crippen molar-refractivity contribution in [3.05, 3.63) is 40.4 Å². The number of halogens is 1. The van der Waals surface area contributed by atoms with Crippen LogP contribution in [0.1, 0.15) is 55.3 Å². The zero-order valence-electron chi connectivity index (χ0n) is 14.3. The van der Waals surface area contributed by atoms with Gasteiger partial charge in [-0.3, -0.25) is 15.4 Å². The molecule has 1 aliphatic rings. The molecular weight excluding hydrogens is 374 g/mol. The fourth-order valence-electron chi connectivity index (χ4n) is 2.56. The summed E-state index contributed by atoms with van der Waals surface area (Å²) in [6.07, 6.45) is 10.9. The number of rotatable bonds is 3. The van der Waals surface area contributed by atoms with Crippen LogP contribution in [0.25, 0.3) is 0 Å². The molecule has 0 saturated heterocycles. The van der Waals surface area contributed by atoms with Crippen LogP contribution in [0.15, 0.2) is 29.8 Å². The second-order valence-electron chi connectivity index (χ2n) is 5.89. The number of carbonyl (C=O) groups is 2. The normalized spacial score (nSPS) is 13.7. The summed E-state index contributed by atoms with van der Waals surface area (Å²) < 4.78 is 0. The summed E-state index contributed by atoms with van der Waals surface area (Å²) in [7, 11) is 0. The molecule has 0 unspecified atom stereocenters. The molecule has 8 heteroatoms. The van der Waals surface area contributed by atoms with E-state index in [1.807, 2.05) is 0 Å². The first-order chi connectivity index (χ1) is 12.6. The van der Waals surface area contributed by atoms with Gasteiger partial charge in [0.1, 0.15) is 0 Å². The van der Waals surface area contributed by atoms with Gasteiger partial charge in [0.2, 0.25) is 0 Å². The number of aromatic nitrogens is 1. The summed E-state index contributed by atoms with van der Waals surface area (Å²) >= 11 is 7.18. The van der Waals surface area contributed by atoms with Crippen LogP contribution in [-0.4, -0.2) is 22.1 Å². The van der Waals surface area contributed by atoms with E-state index in [9.17, 15) is 9.59 Å². The molecule has 26 heavy (non-hydrogen) atoms. The van der Waals surface area contributed by atoms with Crippen molar-refractivity contribution in [3.63, 3.8) is 0 Å². The van der Waals surface area contributed by atoms with E-state index in [1.165, 1.54) is 74.5 Å². The van der Waals surface area contributed by atoms with Gasteiger partial charge in [-0.15, -0.1) is 11.3 Å². The molecule has 1 aliphatic carbocycles. The van der Waals surface area contributed by atoms with Gasteiger partial charge in [-0.2, -0.15) is 0 Å². The molecule has 140 valence electrons. The maximum absolute atomic E-state index is 11.9. The van der Waals surface area contributed by atoms with E-state index in [0.29, 0.717) is 10.7 Å². The lowest BCUT2D eigenvalue weighted by Crippen LogP contribution is -2.12. The van der Waals surface area contributed by atoms with Crippen molar-refractivity contribution in [3.8, 4) is 0 Å². The molecule has 0 atom stereocenters. The maximum atomic E-state index is 11.9. The Morgan fingerprint density at radius 1 is 1.04 bits per heavy atom. The molecule has 1 aromatic carbocycles. The Morgan fingerprint density at radius 3 is 2.12 bits per heavy atom. The van der Waals surface area contributed by atoms with Gasteiger partial charge >= 0.3 is 6.09 Å². The van der Waals surface area contributed by atoms with Gasteiger partial charge in [0.15, 0.2) is 5.13 Å². The van der Waals surface area contributed by atoms with E-state index in [2.05, 4.69) is 15.6 Å². The summed E-state index contributed by atoms with van der Waals surface area (Å²) in [5.41, 5.74) is 0.538. The standard InChI is InChI=1S/C11H8ClN3O3S.C7H14/c12-7-5-6(1-2-8(7)14-11(17)18)9(16)15-10-13-3-4-19-10;1-2-4-6-7-5-3-1/h1-5,14H,(H,17,18)(H,13,15,16);1-7H2. The summed E-state index contributed by atoms with van der Waals surface area (Å²) in [5.74, 6) is -0.362. The molecule has 2 amide bonds. The van der Waals surface area contributed by atoms with Crippen LogP contribution in [0.3, 0.4) is 0 Å². The topological polar surface area (TPSA) is 91.3 Å². The minimum Gasteiger partial charge on any atom is -0.465 e. The van der Waals surface area contributed by atoms with Crippen molar-refractivity contribution < 1.29 is 14.7 Å². The Bertz CT molecular complexity index is 703. The number of thiazole rings is 1. The molecule has 1 heterocycles. The van der Waals surface area contributed by atoms with E-state index >= 15 is 0 Å². The van der Waals surface area contributed by atoms with Crippen LogP contribution in [0.5, 0.6) is 0 Å². The number of benzene rings is 1. The predicted octanol–water partition coefficient (Wildman–Crippen LogP) is 5.87. The number of hydrogen-bond acceptors (Lipinski definition) is 4. The van der Waals surface area contributed by atoms with Crippen LogP contribution < -0.4 is 10.6 Å². The number of nitrogens with one attached hydrogen (secondary N) is 2. The van der Waals surface area contributed by atoms with E-state index in [-0.39, 0.29) is 16.6 Å². The largest absolute Gasteiger partial charge is 0.465 e. The minimum atomic E-state index is -1.22. The summed E-state index contributed by atoms with van der Waals surface area (Å²) in [6, 6.07) is 4.28. The van der Waals surface area contributed by atoms with E-state index < -0.39 is 6.09 Å². The molecule has 6 nitrogen and oxygen atoms in total. The monoisotopic (exact) mass is 395 g/mol. The molecule has 2 aromatic rings. The highest BCUT2D eigenvalue weighted by molar-refractivity contribution is 7.13. The highest BCUT2D eigenvalue weighted by Crippen LogP contribution is 2.23. The van der Waals surface area contributed by atoms with E-state index in [0.717, 1.165) is 0 Å². The highest BCUT2D eigenvalue weighted by atomic mass is 35.5. The second-order valence-corrected chi connectivity index (χ2v) is 7.19. The molecule has 1 fully saturated rings. The van der Waals surface area contributed by atoms with Crippen molar-refractivity contribution in [1.29, 1.82) is 0 Å². The van der Waals surface area contributed by atoms with Crippen LogP contribution in [0.4, 0.5) is 15.6 Å². The number of nitrogens with zero attached hydrogens (tertiary/aromatic N) is 1. The van der Waals surface area contributed by atoms with Crippen LogP contribution >= 0.6 is 22.9 Å². The lowest BCUT2D eigenvalue weighted by molar-refractivity contribution is 0.102. The first-order valence-electron chi connectivity index (χ1n) is 8.56. The smallest absolute Gasteiger partial charge is 0.409 e. The fourth-order valence-corrected chi connectivity index (χ4v) is 3.32. The summed E-state index contributed by atoms with van der Waals surface area (Å²) in [4.78, 5) is 26.3. The zero-order chi connectivity index (χ0) is 18.8. The molecule has 3 N–H and O–H groups in total. The highest BCUT2D eigenvalue weighted by Gasteiger charge is 2.11. The van der Waals surface area contributed by atoms with Gasteiger partial charge in [0.05, 0.1) is 10.7 Å². The average molecular weight is 396 g/mol. The SMILES string of the molecule is C1CCCCCC1.O=C(O)Nc1ccc(C(=O)Nc2nccs2)cc1Cl. The molecule has 1 saturated carbocycles. The van der Waals surface area contributed by atoms with Crippen molar-refractivity contribution >= 4 is 45.8 Å².